The Morgan fingerprint density at radius 3 is 2.50 bits per heavy atom. The number of aromatic nitrogens is 1. The molecule has 0 bridgehead atoms. The van der Waals surface area contributed by atoms with Gasteiger partial charge in [-0.2, -0.15) is 0 Å². The molecule has 3 rings (SSSR count). The van der Waals surface area contributed by atoms with Crippen LogP contribution < -0.4 is 5.56 Å². The summed E-state index contributed by atoms with van der Waals surface area (Å²) in [6.07, 6.45) is 1.90. The normalized spacial score (nSPS) is 18.1. The largest absolute Gasteiger partial charge is 0.341 e. The van der Waals surface area contributed by atoms with Crippen LogP contribution in [-0.4, -0.2) is 9.47 Å². The summed E-state index contributed by atoms with van der Waals surface area (Å²) in [6.45, 7) is 7.01. The molecule has 0 amide bonds. The van der Waals surface area contributed by atoms with Crippen LogP contribution in [0.2, 0.25) is 0 Å². The summed E-state index contributed by atoms with van der Waals surface area (Å²) in [5.74, 6) is 0. The van der Waals surface area contributed by atoms with Gasteiger partial charge < -0.3 is 4.90 Å². The summed E-state index contributed by atoms with van der Waals surface area (Å²) < 4.78 is 1.82. The second-order valence-electron chi connectivity index (χ2n) is 5.65. The van der Waals surface area contributed by atoms with E-state index in [9.17, 15) is 4.79 Å². The van der Waals surface area contributed by atoms with Gasteiger partial charge in [0.15, 0.2) is 5.50 Å². The second kappa shape index (κ2) is 6.05. The first-order valence-corrected chi connectivity index (χ1v) is 8.28. The maximum atomic E-state index is 12.3. The predicted octanol–water partition coefficient (Wildman–Crippen LogP) is 4.11. The van der Waals surface area contributed by atoms with Gasteiger partial charge in [-0.3, -0.25) is 9.36 Å². The van der Waals surface area contributed by atoms with Gasteiger partial charge in [-0.1, -0.05) is 42.1 Å². The molecule has 2 aromatic rings. The Morgan fingerprint density at radius 1 is 1.09 bits per heavy atom. The van der Waals surface area contributed by atoms with E-state index in [1.54, 1.807) is 17.8 Å². The number of hydrogen-bond donors (Lipinski definition) is 0. The lowest BCUT2D eigenvalue weighted by atomic mass is 10.2. The van der Waals surface area contributed by atoms with Crippen molar-refractivity contribution in [2.24, 2.45) is 0 Å². The number of allylic oxidation sites excluding steroid dienone is 2. The first-order chi connectivity index (χ1) is 10.6. The maximum Gasteiger partial charge on any atom is 0.253 e. The van der Waals surface area contributed by atoms with Gasteiger partial charge in [0.2, 0.25) is 0 Å². The topological polar surface area (TPSA) is 25.2 Å². The van der Waals surface area contributed by atoms with Crippen LogP contribution in [0.3, 0.4) is 0 Å². The van der Waals surface area contributed by atoms with Gasteiger partial charge in [0.05, 0.1) is 0 Å². The monoisotopic (exact) mass is 312 g/mol. The third kappa shape index (κ3) is 2.83. The molecule has 4 heteroatoms. The van der Waals surface area contributed by atoms with Gasteiger partial charge >= 0.3 is 0 Å². The highest BCUT2D eigenvalue weighted by Gasteiger charge is 2.30. The molecule has 1 atom stereocenters. The van der Waals surface area contributed by atoms with Crippen molar-refractivity contribution in [3.63, 3.8) is 0 Å². The summed E-state index contributed by atoms with van der Waals surface area (Å²) in [7, 11) is 0. The minimum Gasteiger partial charge on any atom is -0.341 e. The number of rotatable bonds is 3. The zero-order chi connectivity index (χ0) is 15.7. The maximum absolute atomic E-state index is 12.3. The fourth-order valence-corrected chi connectivity index (χ4v) is 3.88. The highest BCUT2D eigenvalue weighted by atomic mass is 32.2. The van der Waals surface area contributed by atoms with Crippen LogP contribution in [0, 0.1) is 6.92 Å². The lowest BCUT2D eigenvalue weighted by Crippen LogP contribution is -2.32. The molecule has 1 unspecified atom stereocenters. The van der Waals surface area contributed by atoms with Gasteiger partial charge in [0, 0.05) is 29.4 Å². The van der Waals surface area contributed by atoms with Gasteiger partial charge in [0.1, 0.15) is 0 Å². The van der Waals surface area contributed by atoms with Crippen LogP contribution in [0.15, 0.2) is 64.1 Å². The number of pyridine rings is 1. The molecule has 1 aromatic heterocycles. The highest BCUT2D eigenvalue weighted by Crippen LogP contribution is 2.44. The summed E-state index contributed by atoms with van der Waals surface area (Å²) >= 11 is 1.74. The van der Waals surface area contributed by atoms with Crippen LogP contribution in [0.25, 0.3) is 0 Å². The van der Waals surface area contributed by atoms with E-state index in [1.807, 2.05) is 29.8 Å². The van der Waals surface area contributed by atoms with E-state index in [0.29, 0.717) is 0 Å². The lowest BCUT2D eigenvalue weighted by Gasteiger charge is -2.29. The Bertz CT molecular complexity index is 764. The van der Waals surface area contributed by atoms with Gasteiger partial charge in [-0.25, -0.2) is 0 Å². The predicted molar refractivity (Wildman–Crippen MR) is 92.4 cm³/mol. The van der Waals surface area contributed by atoms with Gasteiger partial charge in [0.25, 0.3) is 5.56 Å². The third-order valence-corrected chi connectivity index (χ3v) is 5.37. The lowest BCUT2D eigenvalue weighted by molar-refractivity contribution is 0.263. The molecule has 0 aliphatic carbocycles. The van der Waals surface area contributed by atoms with Crippen LogP contribution in [-0.2, 0) is 6.54 Å². The van der Waals surface area contributed by atoms with Crippen molar-refractivity contribution in [3.05, 3.63) is 80.7 Å². The molecule has 1 aliphatic rings. The molecule has 0 spiro atoms. The Hall–Kier alpha value is -1.94. The molecular weight excluding hydrogens is 292 g/mol. The Morgan fingerprint density at radius 2 is 1.82 bits per heavy atom. The first kappa shape index (κ1) is 15.0. The second-order valence-corrected chi connectivity index (χ2v) is 6.92. The van der Waals surface area contributed by atoms with Crippen molar-refractivity contribution in [1.29, 1.82) is 0 Å². The average Bonchev–Trinajstić information content (AvgIpc) is 2.77. The van der Waals surface area contributed by atoms with Crippen molar-refractivity contribution in [2.45, 2.75) is 32.8 Å². The summed E-state index contributed by atoms with van der Waals surface area (Å²) in [5, 5.41) is 0. The van der Waals surface area contributed by atoms with Gasteiger partial charge in [-0.05, 0) is 38.0 Å². The van der Waals surface area contributed by atoms with Crippen molar-refractivity contribution in [3.8, 4) is 0 Å². The Kier molecular flexibility index (Phi) is 4.12. The number of benzene rings is 1. The zero-order valence-corrected chi connectivity index (χ0v) is 13.9. The van der Waals surface area contributed by atoms with Crippen molar-refractivity contribution < 1.29 is 0 Å². The minimum absolute atomic E-state index is 0.00620. The van der Waals surface area contributed by atoms with Crippen LogP contribution in [0.1, 0.15) is 30.5 Å². The Balaban J connectivity index is 1.95. The minimum atomic E-state index is -0.00620. The van der Waals surface area contributed by atoms with E-state index in [1.165, 1.54) is 16.2 Å². The molecule has 0 N–H and O–H groups in total. The van der Waals surface area contributed by atoms with E-state index in [4.69, 9.17) is 0 Å². The molecule has 0 saturated carbocycles. The van der Waals surface area contributed by atoms with Crippen LogP contribution in [0.5, 0.6) is 0 Å². The van der Waals surface area contributed by atoms with Crippen molar-refractivity contribution in [1.82, 2.24) is 9.47 Å². The SMILES string of the molecule is CC1=C(C)N(Cc2ccccc2)C(n2ccc(C)cc2=O)S1. The first-order valence-electron chi connectivity index (χ1n) is 7.40. The van der Waals surface area contributed by atoms with Crippen LogP contribution in [0.4, 0.5) is 0 Å². The number of nitrogens with zero attached hydrogens (tertiary/aromatic N) is 2. The average molecular weight is 312 g/mol. The summed E-state index contributed by atoms with van der Waals surface area (Å²) in [4.78, 5) is 15.9. The van der Waals surface area contributed by atoms with E-state index >= 15 is 0 Å². The number of thioether (sulfide) groups is 1. The molecule has 114 valence electrons. The Labute approximate surface area is 135 Å². The highest BCUT2D eigenvalue weighted by molar-refractivity contribution is 8.03. The smallest absolute Gasteiger partial charge is 0.253 e. The third-order valence-electron chi connectivity index (χ3n) is 4.03. The van der Waals surface area contributed by atoms with E-state index in [0.717, 1.165) is 12.1 Å². The quantitative estimate of drug-likeness (QED) is 0.852. The molecule has 2 heterocycles. The van der Waals surface area contributed by atoms with Crippen molar-refractivity contribution in [2.75, 3.05) is 0 Å². The van der Waals surface area contributed by atoms with Crippen molar-refractivity contribution >= 4 is 11.8 Å². The number of aryl methyl sites for hydroxylation is 1. The zero-order valence-electron chi connectivity index (χ0n) is 13.1. The van der Waals surface area contributed by atoms with E-state index < -0.39 is 0 Å². The summed E-state index contributed by atoms with van der Waals surface area (Å²) in [5.41, 5.74) is 3.54. The number of hydrogen-bond acceptors (Lipinski definition) is 3. The standard InChI is InChI=1S/C18H20N2OS/c1-13-9-10-19(17(21)11-13)18-20(14(2)15(3)22-18)12-16-7-5-4-6-8-16/h4-11,18H,12H2,1-3H3. The van der Waals surface area contributed by atoms with E-state index in [2.05, 4.69) is 43.0 Å². The molecular formula is C18H20N2OS. The van der Waals surface area contributed by atoms with E-state index in [-0.39, 0.29) is 11.1 Å². The fourth-order valence-electron chi connectivity index (χ4n) is 2.63. The molecule has 22 heavy (non-hydrogen) atoms. The van der Waals surface area contributed by atoms with Crippen LogP contribution >= 0.6 is 11.8 Å². The molecule has 0 fully saturated rings. The summed E-state index contributed by atoms with van der Waals surface area (Å²) in [6, 6.07) is 14.1. The fraction of sp³-hybridized carbons (Fsp3) is 0.278. The molecule has 3 nitrogen and oxygen atoms in total. The molecule has 1 aromatic carbocycles. The molecule has 1 aliphatic heterocycles. The molecule has 0 radical (unpaired) electrons. The molecule has 0 saturated heterocycles. The van der Waals surface area contributed by atoms with Gasteiger partial charge in [-0.15, -0.1) is 0 Å².